The number of rotatable bonds is 26. The van der Waals surface area contributed by atoms with E-state index in [1.165, 1.54) is 17.1 Å². The number of Topliss-reactive ketones (excluding diaryl/α,β-unsaturated/α-hetero) is 1. The number of allylic oxidation sites excluding steroid dienone is 1. The molecule has 72 heavy (non-hydrogen) atoms. The van der Waals surface area contributed by atoms with E-state index in [4.69, 9.17) is 20.2 Å². The lowest BCUT2D eigenvalue weighted by atomic mass is 9.89. The number of unbranched alkanes of at least 4 members (excludes halogenated alkanes) is 2. The number of ketones is 1. The number of nitrogens with zero attached hydrogens (tertiary/aromatic N) is 5. The van der Waals surface area contributed by atoms with Crippen LogP contribution in [0.1, 0.15) is 81.3 Å². The van der Waals surface area contributed by atoms with Gasteiger partial charge in [-0.1, -0.05) is 44.5 Å². The molecule has 7 amide bonds. The number of pyridine rings is 2. The highest BCUT2D eigenvalue weighted by atomic mass is 16.6. The second kappa shape index (κ2) is 26.3. The first kappa shape index (κ1) is 53.3. The zero-order chi connectivity index (χ0) is 51.6. The molecule has 5 N–H and O–H groups in total. The van der Waals surface area contributed by atoms with Crippen LogP contribution in [-0.4, -0.2) is 113 Å². The summed E-state index contributed by atoms with van der Waals surface area (Å²) in [6.07, 6.45) is 8.08. The van der Waals surface area contributed by atoms with Crippen LogP contribution in [0.3, 0.4) is 0 Å². The van der Waals surface area contributed by atoms with Crippen LogP contribution >= 0.6 is 0 Å². The van der Waals surface area contributed by atoms with Crippen LogP contribution in [0.25, 0.3) is 16.8 Å². The molecule has 0 fully saturated rings. The van der Waals surface area contributed by atoms with Gasteiger partial charge in [-0.2, -0.15) is 0 Å². The molecule has 378 valence electrons. The molecule has 4 aromatic rings. The average molecular weight is 982 g/mol. The fourth-order valence-electron chi connectivity index (χ4n) is 8.12. The highest BCUT2D eigenvalue weighted by Crippen LogP contribution is 2.28. The summed E-state index contributed by atoms with van der Waals surface area (Å²) in [5.41, 5.74) is 12.8. The number of aryl methyl sites for hydroxylation is 1. The summed E-state index contributed by atoms with van der Waals surface area (Å²) in [7, 11) is 1.62. The molecule has 2 atom stereocenters. The number of imide groups is 1. The first-order chi connectivity index (χ1) is 34.6. The summed E-state index contributed by atoms with van der Waals surface area (Å²) in [5, 5.41) is 8.20. The van der Waals surface area contributed by atoms with Gasteiger partial charge in [0, 0.05) is 79.8 Å². The number of hydrogen-bond acceptors (Lipinski definition) is 12. The maximum Gasteiger partial charge on any atom is 0.409 e. The van der Waals surface area contributed by atoms with Crippen LogP contribution in [0.15, 0.2) is 108 Å². The van der Waals surface area contributed by atoms with Gasteiger partial charge in [-0.3, -0.25) is 43.8 Å². The quantitative estimate of drug-likeness (QED) is 0.0387. The molecule has 18 nitrogen and oxygen atoms in total. The monoisotopic (exact) mass is 981 g/mol. The van der Waals surface area contributed by atoms with Gasteiger partial charge in [0.15, 0.2) is 5.78 Å². The van der Waals surface area contributed by atoms with E-state index >= 15 is 0 Å². The lowest BCUT2D eigenvalue weighted by molar-refractivity contribution is -0.137. The lowest BCUT2D eigenvalue weighted by Crippen LogP contribution is -2.45. The summed E-state index contributed by atoms with van der Waals surface area (Å²) < 4.78 is 11.5. The topological polar surface area (TPSA) is 245 Å². The van der Waals surface area contributed by atoms with Crippen molar-refractivity contribution >= 4 is 58.5 Å². The maximum atomic E-state index is 13.7. The Morgan fingerprint density at radius 2 is 1.62 bits per heavy atom. The average Bonchev–Trinajstić information content (AvgIpc) is 3.99. The van der Waals surface area contributed by atoms with Crippen LogP contribution < -0.4 is 26.4 Å². The van der Waals surface area contributed by atoms with E-state index in [0.29, 0.717) is 49.2 Å². The number of hydrogen-bond donors (Lipinski definition) is 4. The van der Waals surface area contributed by atoms with E-state index in [-0.39, 0.29) is 81.5 Å². The van der Waals surface area contributed by atoms with Gasteiger partial charge < -0.3 is 36.1 Å². The highest BCUT2D eigenvalue weighted by Gasteiger charge is 2.30. The van der Waals surface area contributed by atoms with Crippen molar-refractivity contribution in [2.45, 2.75) is 78.4 Å². The molecule has 0 bridgehead atoms. The van der Waals surface area contributed by atoms with E-state index in [9.17, 15) is 33.6 Å². The normalized spacial score (nSPS) is 13.8. The Labute approximate surface area is 419 Å². The van der Waals surface area contributed by atoms with Crippen molar-refractivity contribution in [3.63, 3.8) is 0 Å². The van der Waals surface area contributed by atoms with E-state index in [2.05, 4.69) is 32.0 Å². The molecule has 2 aliphatic heterocycles. The van der Waals surface area contributed by atoms with Crippen molar-refractivity contribution in [3.8, 4) is 17.0 Å². The zero-order valence-electron chi connectivity index (χ0n) is 41.2. The molecule has 0 saturated carbocycles. The standard InChI is InChI=1S/C54H63N9O9/c1-35(2)50(61-47(65)13-6-5-7-29-63-48(66)22-23-49(63)67)46(64)33-40(11-9-26-58-53(55)69)52(68)60-41-18-14-37(15-19-41)34-72-54(70)62(4)30-31-71-42-20-16-38(17-21-42)45-32-39(24-27-56-45)43-25-28-57-51(43)44-12-8-10-36(3)59-44/h8,10,12,14-25,27,32,35,40,50H,5-7,9,11,13,26,28-31,33-34H2,1-4H3,(H,60,68)(H,61,65)(H3,55,58,69)/t40-,50+/m1/s1. The van der Waals surface area contributed by atoms with Crippen LogP contribution in [-0.2, 0) is 35.3 Å². The SMILES string of the molecule is Cc1cccc(C2=NCC=C2c2ccnc(-c3ccc(OCCN(C)C(=O)OCc4ccc(NC(=O)[C@H](CCCNC(N)=O)CC(=O)[C@@H](NC(=O)CCCCCN5C(=O)C=CC5=O)C(C)C)cc4)cc3)c2)n1. The molecule has 18 heteroatoms. The Morgan fingerprint density at radius 3 is 2.33 bits per heavy atom. The van der Waals surface area contributed by atoms with Crippen LogP contribution in [0.2, 0.25) is 0 Å². The molecule has 0 radical (unpaired) electrons. The predicted octanol–water partition coefficient (Wildman–Crippen LogP) is 6.57. The van der Waals surface area contributed by atoms with E-state index in [0.717, 1.165) is 44.4 Å². The highest BCUT2D eigenvalue weighted by molar-refractivity contribution is 6.32. The second-order valence-corrected chi connectivity index (χ2v) is 18.0. The van der Waals surface area contributed by atoms with Gasteiger partial charge in [-0.25, -0.2) is 9.59 Å². The molecular weight excluding hydrogens is 919 g/mol. The van der Waals surface area contributed by atoms with E-state index < -0.39 is 30.0 Å². The van der Waals surface area contributed by atoms with E-state index in [1.807, 2.05) is 75.4 Å². The van der Waals surface area contributed by atoms with Crippen LogP contribution in [0.4, 0.5) is 15.3 Å². The third-order valence-corrected chi connectivity index (χ3v) is 12.1. The Hall–Kier alpha value is -8.02. The Balaban J connectivity index is 0.928. The van der Waals surface area contributed by atoms with E-state index in [1.54, 1.807) is 37.5 Å². The smallest absolute Gasteiger partial charge is 0.409 e. The number of nitrogens with one attached hydrogen (secondary N) is 3. The Kier molecular flexibility index (Phi) is 19.5. The second-order valence-electron chi connectivity index (χ2n) is 18.0. The molecule has 0 spiro atoms. The third-order valence-electron chi connectivity index (χ3n) is 12.1. The summed E-state index contributed by atoms with van der Waals surface area (Å²) >= 11 is 0. The third kappa shape index (κ3) is 15.7. The molecule has 2 aromatic carbocycles. The molecule has 6 rings (SSSR count). The number of amides is 7. The molecule has 0 unspecified atom stereocenters. The van der Waals surface area contributed by atoms with Crippen molar-refractivity contribution in [1.82, 2.24) is 30.4 Å². The molecule has 2 aromatic heterocycles. The first-order valence-corrected chi connectivity index (χ1v) is 24.2. The van der Waals surface area contributed by atoms with Gasteiger partial charge in [-0.05, 0) is 110 Å². The van der Waals surface area contributed by atoms with Gasteiger partial charge in [0.25, 0.3) is 11.8 Å². The van der Waals surface area contributed by atoms with Gasteiger partial charge in [0.1, 0.15) is 19.0 Å². The summed E-state index contributed by atoms with van der Waals surface area (Å²) in [6, 6.07) is 22.8. The number of urea groups is 1. The summed E-state index contributed by atoms with van der Waals surface area (Å²) in [4.78, 5) is 104. The first-order valence-electron chi connectivity index (χ1n) is 24.2. The van der Waals surface area contributed by atoms with Crippen molar-refractivity contribution in [3.05, 3.63) is 126 Å². The number of carbonyl (C=O) groups excluding carboxylic acids is 7. The number of nitrogens with two attached hydrogens (primary N) is 1. The zero-order valence-corrected chi connectivity index (χ0v) is 41.2. The molecule has 2 aliphatic rings. The molecular formula is C54H63N9O9. The number of anilines is 1. The number of primary amides is 1. The molecule has 0 saturated heterocycles. The minimum atomic E-state index is -0.837. The minimum Gasteiger partial charge on any atom is -0.492 e. The fourth-order valence-corrected chi connectivity index (χ4v) is 8.12. The van der Waals surface area contributed by atoms with Gasteiger partial charge in [-0.15, -0.1) is 0 Å². The number of aromatic nitrogens is 2. The van der Waals surface area contributed by atoms with Gasteiger partial charge >= 0.3 is 12.1 Å². The lowest BCUT2D eigenvalue weighted by Gasteiger charge is -2.24. The van der Waals surface area contributed by atoms with Crippen LogP contribution in [0.5, 0.6) is 5.75 Å². The van der Waals surface area contributed by atoms with Crippen LogP contribution in [0, 0.1) is 18.8 Å². The largest absolute Gasteiger partial charge is 0.492 e. The Morgan fingerprint density at radius 1 is 0.875 bits per heavy atom. The van der Waals surface area contributed by atoms with Gasteiger partial charge in [0.2, 0.25) is 11.8 Å². The predicted molar refractivity (Wildman–Crippen MR) is 272 cm³/mol. The number of likely N-dealkylation sites (N-methyl/N-ethyl adjacent to an activating group) is 1. The minimum absolute atomic E-state index is 0.0200. The number of benzene rings is 2. The van der Waals surface area contributed by atoms with Crippen molar-refractivity contribution in [2.75, 3.05) is 45.2 Å². The van der Waals surface area contributed by atoms with Crippen molar-refractivity contribution in [1.29, 1.82) is 0 Å². The Bertz CT molecular complexity index is 2660. The van der Waals surface area contributed by atoms with Crippen molar-refractivity contribution in [2.24, 2.45) is 22.6 Å². The summed E-state index contributed by atoms with van der Waals surface area (Å²) in [6.45, 7) is 7.13. The number of carbonyl (C=O) groups is 7. The maximum absolute atomic E-state index is 13.7. The summed E-state index contributed by atoms with van der Waals surface area (Å²) in [5.74, 6) is -2.14. The molecule has 0 aliphatic carbocycles. The fraction of sp³-hybridized carbons (Fsp3) is 0.370. The number of aliphatic imine (C=N–C) groups is 1. The number of ether oxygens (including phenoxy) is 2. The molecule has 4 heterocycles. The van der Waals surface area contributed by atoms with Gasteiger partial charge in [0.05, 0.1) is 36.2 Å². The van der Waals surface area contributed by atoms with Crippen molar-refractivity contribution < 1.29 is 43.0 Å².